The first-order valence-electron chi connectivity index (χ1n) is 4.22. The largest absolute Gasteiger partial charge is 0.378 e. The molecular formula is C11H17NO. The minimum Gasteiger partial charge on any atom is -0.378 e. The Kier molecular flexibility index (Phi) is 4.01. The lowest BCUT2D eigenvalue weighted by Crippen LogP contribution is -2.34. The van der Waals surface area contributed by atoms with E-state index in [1.807, 2.05) is 20.9 Å². The van der Waals surface area contributed by atoms with Crippen molar-refractivity contribution in [2.45, 2.75) is 38.8 Å². The topological polar surface area (TPSA) is 32.3 Å². The molecule has 0 aliphatic heterocycles. The molecule has 13 heavy (non-hydrogen) atoms. The van der Waals surface area contributed by atoms with Gasteiger partial charge in [0.25, 0.3) is 0 Å². The highest BCUT2D eigenvalue weighted by Gasteiger charge is 2.08. The number of hydrogen-bond acceptors (Lipinski definition) is 2. The molecule has 2 heteroatoms. The fraction of sp³-hybridized carbons (Fsp3) is 0.636. The van der Waals surface area contributed by atoms with Gasteiger partial charge in [-0.25, -0.2) is 0 Å². The van der Waals surface area contributed by atoms with Gasteiger partial charge >= 0.3 is 0 Å². The highest BCUT2D eigenvalue weighted by molar-refractivity contribution is 5.32. The lowest BCUT2D eigenvalue weighted by molar-refractivity contribution is 0.143. The zero-order chi connectivity index (χ0) is 10.5. The fourth-order valence-corrected chi connectivity index (χ4v) is 0.434. The summed E-state index contributed by atoms with van der Waals surface area (Å²) in [4.78, 5) is 0. The van der Waals surface area contributed by atoms with Crippen LogP contribution in [-0.4, -0.2) is 23.3 Å². The Hall–Kier alpha value is -0.960. The second-order valence-corrected chi connectivity index (χ2v) is 3.93. The Morgan fingerprint density at radius 2 is 1.46 bits per heavy atom. The van der Waals surface area contributed by atoms with E-state index >= 15 is 0 Å². The van der Waals surface area contributed by atoms with E-state index in [0.29, 0.717) is 0 Å². The van der Waals surface area contributed by atoms with Crippen molar-refractivity contribution >= 4 is 0 Å². The highest BCUT2D eigenvalue weighted by atomic mass is 16.3. The third kappa shape index (κ3) is 7.40. The Bertz CT molecular complexity index is 275. The summed E-state index contributed by atoms with van der Waals surface area (Å²) in [5, 5.41) is 12.3. The van der Waals surface area contributed by atoms with Crippen LogP contribution in [0.2, 0.25) is 0 Å². The third-order valence-electron chi connectivity index (χ3n) is 1.43. The second kappa shape index (κ2) is 4.33. The van der Waals surface area contributed by atoms with Gasteiger partial charge < -0.3 is 10.4 Å². The number of hydrogen-bond donors (Lipinski definition) is 2. The first kappa shape index (κ1) is 12.0. The van der Waals surface area contributed by atoms with Gasteiger partial charge in [-0.05, 0) is 46.6 Å². The van der Waals surface area contributed by atoms with Gasteiger partial charge in [-0.15, -0.1) is 0 Å². The van der Waals surface area contributed by atoms with E-state index in [1.165, 1.54) is 0 Å². The summed E-state index contributed by atoms with van der Waals surface area (Å²) in [6.45, 7) is 7.19. The molecule has 0 heterocycles. The molecule has 0 radical (unpaired) electrons. The molecule has 2 N–H and O–H groups in total. The maximum atomic E-state index is 9.25. The van der Waals surface area contributed by atoms with Gasteiger partial charge in [-0.1, -0.05) is 11.8 Å². The van der Waals surface area contributed by atoms with Crippen molar-refractivity contribution in [2.75, 3.05) is 7.05 Å². The van der Waals surface area contributed by atoms with Crippen molar-refractivity contribution in [3.63, 3.8) is 0 Å². The number of nitrogens with one attached hydrogen (secondary N) is 1. The Labute approximate surface area is 80.7 Å². The standard InChI is InChI=1S/C11H17NO/c1-10(2,12-5)8-6-7-9-11(3,4)13/h12-13H,1-5H3. The molecule has 0 aliphatic rings. The zero-order valence-electron chi connectivity index (χ0n) is 8.95. The van der Waals surface area contributed by atoms with Crippen LogP contribution < -0.4 is 5.32 Å². The maximum absolute atomic E-state index is 9.25. The fourth-order valence-electron chi connectivity index (χ4n) is 0.434. The highest BCUT2D eigenvalue weighted by Crippen LogP contribution is 1.97. The van der Waals surface area contributed by atoms with Crippen LogP contribution in [0.4, 0.5) is 0 Å². The van der Waals surface area contributed by atoms with Crippen LogP contribution in [0.15, 0.2) is 0 Å². The molecule has 2 nitrogen and oxygen atoms in total. The van der Waals surface area contributed by atoms with E-state index in [9.17, 15) is 5.11 Å². The van der Waals surface area contributed by atoms with Crippen LogP contribution in [-0.2, 0) is 0 Å². The molecule has 0 unspecified atom stereocenters. The molecule has 72 valence electrons. The van der Waals surface area contributed by atoms with Gasteiger partial charge in [0.05, 0.1) is 5.54 Å². The van der Waals surface area contributed by atoms with Crippen LogP contribution in [0.5, 0.6) is 0 Å². The first-order chi connectivity index (χ1) is 5.77. The Morgan fingerprint density at radius 3 is 1.85 bits per heavy atom. The summed E-state index contributed by atoms with van der Waals surface area (Å²) in [7, 11) is 1.85. The summed E-state index contributed by atoms with van der Waals surface area (Å²) in [6, 6.07) is 0. The Balaban J connectivity index is 4.36. The maximum Gasteiger partial charge on any atom is 0.120 e. The summed E-state index contributed by atoms with van der Waals surface area (Å²) < 4.78 is 0. The molecule has 0 rings (SSSR count). The quantitative estimate of drug-likeness (QED) is 0.583. The zero-order valence-corrected chi connectivity index (χ0v) is 8.95. The van der Waals surface area contributed by atoms with Gasteiger partial charge in [-0.3, -0.25) is 0 Å². The van der Waals surface area contributed by atoms with E-state index in [2.05, 4.69) is 29.0 Å². The van der Waals surface area contributed by atoms with Crippen LogP contribution in [0.1, 0.15) is 27.7 Å². The first-order valence-corrected chi connectivity index (χ1v) is 4.22. The SMILES string of the molecule is CNC(C)(C)C#CC#CC(C)(C)O. The van der Waals surface area contributed by atoms with Crippen molar-refractivity contribution in [3.05, 3.63) is 0 Å². The molecule has 0 bridgehead atoms. The molecule has 0 aliphatic carbocycles. The third-order valence-corrected chi connectivity index (χ3v) is 1.43. The van der Waals surface area contributed by atoms with Crippen molar-refractivity contribution in [3.8, 4) is 23.7 Å². The molecule has 0 saturated heterocycles. The lowest BCUT2D eigenvalue weighted by Gasteiger charge is -2.14. The number of aliphatic hydroxyl groups is 1. The van der Waals surface area contributed by atoms with E-state index in [0.717, 1.165) is 0 Å². The van der Waals surface area contributed by atoms with E-state index in [1.54, 1.807) is 13.8 Å². The van der Waals surface area contributed by atoms with Crippen molar-refractivity contribution in [1.29, 1.82) is 0 Å². The van der Waals surface area contributed by atoms with Gasteiger partial charge in [0, 0.05) is 0 Å². The molecule has 0 aromatic heterocycles. The smallest absolute Gasteiger partial charge is 0.120 e. The summed E-state index contributed by atoms with van der Waals surface area (Å²) in [6.07, 6.45) is 0. The molecule has 0 aromatic rings. The summed E-state index contributed by atoms with van der Waals surface area (Å²) in [5.74, 6) is 10.9. The Morgan fingerprint density at radius 1 is 1.00 bits per heavy atom. The lowest BCUT2D eigenvalue weighted by atomic mass is 10.1. The monoisotopic (exact) mass is 179 g/mol. The molecule has 0 fully saturated rings. The van der Waals surface area contributed by atoms with Gasteiger partial charge in [0.2, 0.25) is 0 Å². The second-order valence-electron chi connectivity index (χ2n) is 3.93. The van der Waals surface area contributed by atoms with Crippen LogP contribution in [0.25, 0.3) is 0 Å². The predicted octanol–water partition coefficient (Wildman–Crippen LogP) is 0.762. The van der Waals surface area contributed by atoms with Crippen LogP contribution >= 0.6 is 0 Å². The van der Waals surface area contributed by atoms with Crippen LogP contribution in [0, 0.1) is 23.7 Å². The van der Waals surface area contributed by atoms with Crippen molar-refractivity contribution in [2.24, 2.45) is 0 Å². The van der Waals surface area contributed by atoms with Crippen molar-refractivity contribution in [1.82, 2.24) is 5.32 Å². The predicted molar refractivity (Wildman–Crippen MR) is 55.0 cm³/mol. The van der Waals surface area contributed by atoms with Crippen LogP contribution in [0.3, 0.4) is 0 Å². The summed E-state index contributed by atoms with van der Waals surface area (Å²) >= 11 is 0. The molecule has 0 aromatic carbocycles. The number of rotatable bonds is 1. The van der Waals surface area contributed by atoms with Gasteiger partial charge in [0.15, 0.2) is 0 Å². The minimum absolute atomic E-state index is 0.228. The minimum atomic E-state index is -0.960. The van der Waals surface area contributed by atoms with E-state index in [-0.39, 0.29) is 5.54 Å². The molecule has 0 saturated carbocycles. The van der Waals surface area contributed by atoms with Crippen molar-refractivity contribution < 1.29 is 5.11 Å². The van der Waals surface area contributed by atoms with Gasteiger partial charge in [-0.2, -0.15) is 0 Å². The molecule has 0 amide bonds. The van der Waals surface area contributed by atoms with Gasteiger partial charge in [0.1, 0.15) is 5.60 Å². The molecular weight excluding hydrogens is 162 g/mol. The van der Waals surface area contributed by atoms with E-state index < -0.39 is 5.60 Å². The van der Waals surface area contributed by atoms with E-state index in [4.69, 9.17) is 0 Å². The molecule has 0 spiro atoms. The average Bonchev–Trinajstić information content (AvgIpc) is 1.97. The molecule has 0 atom stereocenters. The average molecular weight is 179 g/mol. The normalized spacial score (nSPS) is 10.9. The summed E-state index contributed by atoms with van der Waals surface area (Å²) in [5.41, 5.74) is -1.19.